The van der Waals surface area contributed by atoms with Crippen LogP contribution < -0.4 is 9.64 Å². The van der Waals surface area contributed by atoms with Gasteiger partial charge in [0, 0.05) is 22.4 Å². The molecule has 176 valence electrons. The molecule has 0 aliphatic carbocycles. The predicted octanol–water partition coefficient (Wildman–Crippen LogP) is 4.51. The van der Waals surface area contributed by atoms with E-state index >= 15 is 4.39 Å². The van der Waals surface area contributed by atoms with Crippen LogP contribution in [0.5, 0.6) is 5.75 Å². The summed E-state index contributed by atoms with van der Waals surface area (Å²) in [6.45, 7) is 7.17. The molecule has 5 rings (SSSR count). The van der Waals surface area contributed by atoms with Crippen LogP contribution in [0.3, 0.4) is 0 Å². The van der Waals surface area contributed by atoms with E-state index < -0.39 is 23.5 Å². The maximum Gasteiger partial charge on any atom is 0.342 e. The van der Waals surface area contributed by atoms with Crippen LogP contribution in [0, 0.1) is 5.82 Å². The Morgan fingerprint density at radius 1 is 1.03 bits per heavy atom. The Labute approximate surface area is 196 Å². The SMILES string of the molecule is CCOC(=O)C1=C(C)OC23COc4ccccc4N2C(C)=C(C(=O)OCC)c2cc(F)cc1c23. The quantitative estimate of drug-likeness (QED) is 0.615. The Balaban J connectivity index is 1.88. The lowest BCUT2D eigenvalue weighted by atomic mass is 9.78. The number of para-hydroxylation sites is 2. The van der Waals surface area contributed by atoms with Gasteiger partial charge in [-0.1, -0.05) is 12.1 Å². The van der Waals surface area contributed by atoms with Gasteiger partial charge in [0.2, 0.25) is 5.72 Å². The number of carbonyl (C=O) groups excluding carboxylic acids is 2. The lowest BCUT2D eigenvalue weighted by Crippen LogP contribution is -2.58. The summed E-state index contributed by atoms with van der Waals surface area (Å²) in [7, 11) is 0. The van der Waals surface area contributed by atoms with E-state index in [4.69, 9.17) is 18.9 Å². The van der Waals surface area contributed by atoms with Crippen LogP contribution in [0.1, 0.15) is 44.4 Å². The lowest BCUT2D eigenvalue weighted by Gasteiger charge is -2.53. The van der Waals surface area contributed by atoms with Crippen LogP contribution in [0.15, 0.2) is 47.9 Å². The van der Waals surface area contributed by atoms with Crippen LogP contribution in [0.4, 0.5) is 10.1 Å². The molecule has 34 heavy (non-hydrogen) atoms. The Bertz CT molecular complexity index is 1300. The molecule has 0 radical (unpaired) electrons. The molecule has 0 amide bonds. The molecule has 0 saturated carbocycles. The third-order valence-corrected chi connectivity index (χ3v) is 6.25. The average molecular weight is 465 g/mol. The van der Waals surface area contributed by atoms with E-state index in [0.29, 0.717) is 33.8 Å². The smallest absolute Gasteiger partial charge is 0.342 e. The second kappa shape index (κ2) is 7.90. The minimum atomic E-state index is -1.26. The molecule has 0 bridgehead atoms. The zero-order valence-electron chi connectivity index (χ0n) is 19.4. The number of hydrogen-bond donors (Lipinski definition) is 0. The van der Waals surface area contributed by atoms with Crippen LogP contribution >= 0.6 is 0 Å². The Morgan fingerprint density at radius 2 is 1.65 bits per heavy atom. The van der Waals surface area contributed by atoms with Gasteiger partial charge in [0.1, 0.15) is 22.9 Å². The van der Waals surface area contributed by atoms with Crippen LogP contribution in [-0.2, 0) is 29.5 Å². The first-order chi connectivity index (χ1) is 16.3. The predicted molar refractivity (Wildman–Crippen MR) is 122 cm³/mol. The van der Waals surface area contributed by atoms with E-state index in [2.05, 4.69) is 0 Å². The Hall–Kier alpha value is -3.81. The first kappa shape index (κ1) is 22.0. The summed E-state index contributed by atoms with van der Waals surface area (Å²) in [5.74, 6) is -0.919. The minimum absolute atomic E-state index is 0.0521. The van der Waals surface area contributed by atoms with Crippen molar-refractivity contribution in [2.45, 2.75) is 33.4 Å². The zero-order valence-corrected chi connectivity index (χ0v) is 19.4. The van der Waals surface area contributed by atoms with Gasteiger partial charge in [-0.3, -0.25) is 4.90 Å². The van der Waals surface area contributed by atoms with Gasteiger partial charge in [-0.2, -0.15) is 0 Å². The maximum absolute atomic E-state index is 15.0. The monoisotopic (exact) mass is 465 g/mol. The highest BCUT2D eigenvalue weighted by Gasteiger charge is 2.56. The molecule has 1 atom stereocenters. The fourth-order valence-electron chi connectivity index (χ4n) is 5.10. The highest BCUT2D eigenvalue weighted by atomic mass is 19.1. The fourth-order valence-corrected chi connectivity index (χ4v) is 5.10. The number of esters is 2. The van der Waals surface area contributed by atoms with Crippen molar-refractivity contribution in [2.24, 2.45) is 0 Å². The third kappa shape index (κ3) is 2.94. The van der Waals surface area contributed by atoms with Gasteiger partial charge in [0.05, 0.1) is 24.5 Å². The highest BCUT2D eigenvalue weighted by Crippen LogP contribution is 2.56. The molecule has 7 nitrogen and oxygen atoms in total. The fraction of sp³-hybridized carbons (Fsp3) is 0.308. The number of anilines is 1. The van der Waals surface area contributed by atoms with Crippen molar-refractivity contribution in [2.75, 3.05) is 24.7 Å². The van der Waals surface area contributed by atoms with Gasteiger partial charge in [-0.25, -0.2) is 14.0 Å². The van der Waals surface area contributed by atoms with E-state index in [-0.39, 0.29) is 36.7 Å². The molecule has 8 heteroatoms. The van der Waals surface area contributed by atoms with Crippen LogP contribution in [0.25, 0.3) is 11.1 Å². The maximum atomic E-state index is 15.0. The van der Waals surface area contributed by atoms with Gasteiger partial charge >= 0.3 is 11.9 Å². The molecule has 0 aromatic heterocycles. The van der Waals surface area contributed by atoms with Gasteiger partial charge in [-0.05, 0) is 52.0 Å². The van der Waals surface area contributed by atoms with E-state index in [9.17, 15) is 9.59 Å². The summed E-state index contributed by atoms with van der Waals surface area (Å²) in [5, 5.41) is 0. The van der Waals surface area contributed by atoms with Crippen molar-refractivity contribution in [1.82, 2.24) is 0 Å². The molecule has 1 unspecified atom stereocenters. The van der Waals surface area contributed by atoms with E-state index in [1.54, 1.807) is 27.7 Å². The number of halogens is 1. The van der Waals surface area contributed by atoms with Gasteiger partial charge in [0.15, 0.2) is 6.61 Å². The molecule has 0 N–H and O–H groups in total. The summed E-state index contributed by atoms with van der Waals surface area (Å²) in [5.41, 5.74) is 1.35. The summed E-state index contributed by atoms with van der Waals surface area (Å²) in [6, 6.07) is 9.96. The van der Waals surface area contributed by atoms with E-state index in [0.717, 1.165) is 0 Å². The van der Waals surface area contributed by atoms with E-state index in [1.165, 1.54) is 12.1 Å². The Morgan fingerprint density at radius 3 is 2.32 bits per heavy atom. The summed E-state index contributed by atoms with van der Waals surface area (Å²) < 4.78 is 38.2. The molecule has 3 aliphatic heterocycles. The number of allylic oxidation sites excluding steroid dienone is 2. The van der Waals surface area contributed by atoms with Gasteiger partial charge in [-0.15, -0.1) is 0 Å². The second-order valence-corrected chi connectivity index (χ2v) is 8.19. The number of ether oxygens (including phenoxy) is 4. The molecule has 3 heterocycles. The zero-order chi connectivity index (χ0) is 24.2. The van der Waals surface area contributed by atoms with Crippen LogP contribution in [0.2, 0.25) is 0 Å². The molecule has 2 aromatic carbocycles. The molecular formula is C26H24FNO6. The third-order valence-electron chi connectivity index (χ3n) is 6.25. The first-order valence-corrected chi connectivity index (χ1v) is 11.2. The van der Waals surface area contributed by atoms with Gasteiger partial charge in [0.25, 0.3) is 0 Å². The van der Waals surface area contributed by atoms with Crippen molar-refractivity contribution >= 4 is 28.8 Å². The van der Waals surface area contributed by atoms with E-state index in [1.807, 2.05) is 29.2 Å². The topological polar surface area (TPSA) is 74.3 Å². The van der Waals surface area contributed by atoms with Crippen molar-refractivity contribution in [1.29, 1.82) is 0 Å². The normalized spacial score (nSPS) is 20.0. The van der Waals surface area contributed by atoms with Crippen molar-refractivity contribution in [3.8, 4) is 5.75 Å². The summed E-state index contributed by atoms with van der Waals surface area (Å²) in [6.07, 6.45) is 0. The van der Waals surface area contributed by atoms with Crippen molar-refractivity contribution in [3.05, 3.63) is 70.4 Å². The molecule has 1 spiro atoms. The standard InChI is InChI=1S/C26H24FNO6/c1-5-31-24(29)21-14(3)28-19-9-7-8-10-20(19)33-13-26(28)23-17(21)11-16(27)12-18(23)22(15(4)34-26)25(30)32-6-2/h7-12H,5-6,13H2,1-4H3. The number of nitrogens with zero attached hydrogens (tertiary/aromatic N) is 1. The molecule has 3 aliphatic rings. The number of carbonyl (C=O) groups is 2. The van der Waals surface area contributed by atoms with Crippen molar-refractivity contribution in [3.63, 3.8) is 0 Å². The molecule has 0 fully saturated rings. The molecule has 0 saturated heterocycles. The van der Waals surface area contributed by atoms with Gasteiger partial charge < -0.3 is 18.9 Å². The number of rotatable bonds is 4. The molecular weight excluding hydrogens is 441 g/mol. The highest BCUT2D eigenvalue weighted by molar-refractivity contribution is 6.22. The largest absolute Gasteiger partial charge is 0.485 e. The minimum Gasteiger partial charge on any atom is -0.485 e. The second-order valence-electron chi connectivity index (χ2n) is 8.19. The number of fused-ring (bicyclic) bond motifs is 2. The average Bonchev–Trinajstić information content (AvgIpc) is 2.78. The van der Waals surface area contributed by atoms with Crippen LogP contribution in [-0.4, -0.2) is 31.8 Å². The Kier molecular flexibility index (Phi) is 5.11. The number of hydrogen-bond acceptors (Lipinski definition) is 7. The number of benzene rings is 2. The molecule has 2 aromatic rings. The summed E-state index contributed by atoms with van der Waals surface area (Å²) >= 11 is 0. The summed E-state index contributed by atoms with van der Waals surface area (Å²) in [4.78, 5) is 28.0. The van der Waals surface area contributed by atoms with Crippen molar-refractivity contribution < 1.29 is 32.9 Å². The lowest BCUT2D eigenvalue weighted by molar-refractivity contribution is -0.137. The first-order valence-electron chi connectivity index (χ1n) is 11.2.